The molecular weight excluding hydrogens is 214 g/mol. The van der Waals surface area contributed by atoms with E-state index < -0.39 is 17.3 Å². The molecule has 0 aliphatic heterocycles. The molecule has 0 saturated carbocycles. The molecule has 0 aliphatic rings. The van der Waals surface area contributed by atoms with Gasteiger partial charge in [-0.25, -0.2) is 13.6 Å². The average Bonchev–Trinajstić information content (AvgIpc) is 2.25. The molecule has 1 N–H and O–H groups in total. The third-order valence-corrected chi connectivity index (χ3v) is 2.16. The number of aromatic amines is 1. The van der Waals surface area contributed by atoms with Crippen molar-refractivity contribution in [3.05, 3.63) is 52.1 Å². The van der Waals surface area contributed by atoms with Crippen LogP contribution >= 0.6 is 0 Å². The van der Waals surface area contributed by atoms with Gasteiger partial charge in [0.2, 0.25) is 0 Å². The van der Waals surface area contributed by atoms with Crippen LogP contribution in [0, 0.1) is 18.6 Å². The van der Waals surface area contributed by atoms with Crippen LogP contribution in [0.4, 0.5) is 8.78 Å². The van der Waals surface area contributed by atoms with Crippen molar-refractivity contribution in [2.45, 2.75) is 6.92 Å². The van der Waals surface area contributed by atoms with E-state index in [1.807, 2.05) is 0 Å². The van der Waals surface area contributed by atoms with Gasteiger partial charge in [0, 0.05) is 5.56 Å². The van der Waals surface area contributed by atoms with Crippen molar-refractivity contribution in [2.75, 3.05) is 0 Å². The van der Waals surface area contributed by atoms with Gasteiger partial charge in [-0.1, -0.05) is 11.6 Å². The third-order valence-electron chi connectivity index (χ3n) is 2.16. The van der Waals surface area contributed by atoms with Crippen molar-refractivity contribution in [1.82, 2.24) is 9.97 Å². The number of halogens is 2. The minimum Gasteiger partial charge on any atom is -0.303 e. The van der Waals surface area contributed by atoms with Crippen molar-refractivity contribution >= 4 is 0 Å². The third kappa shape index (κ3) is 1.84. The highest BCUT2D eigenvalue weighted by molar-refractivity contribution is 5.60. The fraction of sp³-hybridized carbons (Fsp3) is 0.0909. The maximum absolute atomic E-state index is 13.5. The number of nitrogens with zero attached hydrogens (tertiary/aromatic N) is 1. The van der Waals surface area contributed by atoms with E-state index in [0.29, 0.717) is 0 Å². The van der Waals surface area contributed by atoms with Crippen LogP contribution in [0.15, 0.2) is 29.2 Å². The first-order valence-corrected chi connectivity index (χ1v) is 4.59. The highest BCUT2D eigenvalue weighted by Crippen LogP contribution is 2.22. The molecule has 1 aromatic heterocycles. The summed E-state index contributed by atoms with van der Waals surface area (Å²) in [5.74, 6) is -1.35. The Balaban J connectivity index is 2.71. The van der Waals surface area contributed by atoms with Gasteiger partial charge in [0.1, 0.15) is 5.82 Å². The van der Waals surface area contributed by atoms with E-state index in [1.165, 1.54) is 12.1 Å². The number of hydrogen-bond acceptors (Lipinski definition) is 2. The van der Waals surface area contributed by atoms with Gasteiger partial charge in [0.15, 0.2) is 5.82 Å². The normalized spacial score (nSPS) is 10.4. The lowest BCUT2D eigenvalue weighted by atomic mass is 10.1. The van der Waals surface area contributed by atoms with E-state index in [9.17, 15) is 13.6 Å². The molecule has 1 heterocycles. The SMILES string of the molecule is Cc1ccc(F)c(-c2[nH]c(=O)ncc2F)c1. The van der Waals surface area contributed by atoms with Crippen molar-refractivity contribution in [3.63, 3.8) is 0 Å². The highest BCUT2D eigenvalue weighted by atomic mass is 19.1. The fourth-order valence-electron chi connectivity index (χ4n) is 1.41. The molecule has 2 aromatic rings. The first-order chi connectivity index (χ1) is 7.58. The van der Waals surface area contributed by atoms with E-state index in [2.05, 4.69) is 9.97 Å². The summed E-state index contributed by atoms with van der Waals surface area (Å²) in [6.45, 7) is 1.75. The quantitative estimate of drug-likeness (QED) is 0.802. The molecule has 0 unspecified atom stereocenters. The zero-order valence-electron chi connectivity index (χ0n) is 8.42. The molecule has 0 amide bonds. The smallest absolute Gasteiger partial charge is 0.303 e. The van der Waals surface area contributed by atoms with Gasteiger partial charge in [-0.15, -0.1) is 0 Å². The molecule has 82 valence electrons. The maximum Gasteiger partial charge on any atom is 0.345 e. The number of nitrogens with one attached hydrogen (secondary N) is 1. The predicted molar refractivity (Wildman–Crippen MR) is 54.9 cm³/mol. The fourth-order valence-corrected chi connectivity index (χ4v) is 1.41. The first kappa shape index (κ1) is 10.5. The van der Waals surface area contributed by atoms with E-state index in [0.717, 1.165) is 11.8 Å². The Morgan fingerprint density at radius 2 is 2.00 bits per heavy atom. The number of aromatic nitrogens is 2. The summed E-state index contributed by atoms with van der Waals surface area (Å²) in [6.07, 6.45) is 0.774. The molecule has 0 fully saturated rings. The molecule has 16 heavy (non-hydrogen) atoms. The van der Waals surface area contributed by atoms with Crippen molar-refractivity contribution in [1.29, 1.82) is 0 Å². The number of rotatable bonds is 1. The summed E-state index contributed by atoms with van der Waals surface area (Å²) < 4.78 is 26.8. The second-order valence-electron chi connectivity index (χ2n) is 3.39. The van der Waals surface area contributed by atoms with Crippen LogP contribution < -0.4 is 5.69 Å². The summed E-state index contributed by atoms with van der Waals surface area (Å²) in [4.78, 5) is 16.3. The standard InChI is InChI=1S/C11H8F2N2O/c1-6-2-3-8(12)7(4-6)10-9(13)5-14-11(16)15-10/h2-5H,1H3,(H,14,15,16). The Morgan fingerprint density at radius 3 is 2.75 bits per heavy atom. The zero-order valence-corrected chi connectivity index (χ0v) is 8.42. The molecular formula is C11H8F2N2O. The topological polar surface area (TPSA) is 45.8 Å². The lowest BCUT2D eigenvalue weighted by Gasteiger charge is -2.05. The van der Waals surface area contributed by atoms with E-state index in [1.54, 1.807) is 13.0 Å². The summed E-state index contributed by atoms with van der Waals surface area (Å²) >= 11 is 0. The van der Waals surface area contributed by atoms with Crippen LogP contribution in [0.5, 0.6) is 0 Å². The number of hydrogen-bond donors (Lipinski definition) is 1. The van der Waals surface area contributed by atoms with Crippen molar-refractivity contribution in [2.24, 2.45) is 0 Å². The van der Waals surface area contributed by atoms with Gasteiger partial charge in [0.25, 0.3) is 0 Å². The van der Waals surface area contributed by atoms with Crippen LogP contribution in [0.3, 0.4) is 0 Å². The number of H-pyrrole nitrogens is 1. The molecule has 1 aromatic carbocycles. The van der Waals surface area contributed by atoms with Crippen LogP contribution in [0.25, 0.3) is 11.3 Å². The molecule has 0 radical (unpaired) electrons. The number of benzene rings is 1. The van der Waals surface area contributed by atoms with Gasteiger partial charge in [0.05, 0.1) is 11.9 Å². The Bertz CT molecular complexity index is 593. The Kier molecular flexibility index (Phi) is 2.52. The second-order valence-corrected chi connectivity index (χ2v) is 3.39. The molecule has 0 aliphatic carbocycles. The zero-order chi connectivity index (χ0) is 11.7. The van der Waals surface area contributed by atoms with Crippen molar-refractivity contribution < 1.29 is 8.78 Å². The summed E-state index contributed by atoms with van der Waals surface area (Å²) in [7, 11) is 0. The minimum absolute atomic E-state index is 0.0250. The predicted octanol–water partition coefficient (Wildman–Crippen LogP) is 2.02. The van der Waals surface area contributed by atoms with Crippen LogP contribution in [0.1, 0.15) is 5.56 Å². The molecule has 3 nitrogen and oxygen atoms in total. The van der Waals surface area contributed by atoms with Crippen LogP contribution in [-0.4, -0.2) is 9.97 Å². The molecule has 2 rings (SSSR count). The number of aryl methyl sites for hydroxylation is 1. The monoisotopic (exact) mass is 222 g/mol. The van der Waals surface area contributed by atoms with Crippen molar-refractivity contribution in [3.8, 4) is 11.3 Å². The summed E-state index contributed by atoms with van der Waals surface area (Å²) in [5, 5.41) is 0. The molecule has 0 saturated heterocycles. The Labute approximate surface area is 89.8 Å². The van der Waals surface area contributed by atoms with Crippen LogP contribution in [-0.2, 0) is 0 Å². The molecule has 5 heteroatoms. The lowest BCUT2D eigenvalue weighted by Crippen LogP contribution is -2.12. The molecule has 0 bridgehead atoms. The average molecular weight is 222 g/mol. The largest absolute Gasteiger partial charge is 0.345 e. The maximum atomic E-state index is 13.5. The van der Waals surface area contributed by atoms with Gasteiger partial charge in [-0.05, 0) is 19.1 Å². The van der Waals surface area contributed by atoms with Gasteiger partial charge in [-0.2, -0.15) is 4.98 Å². The summed E-state index contributed by atoms with van der Waals surface area (Å²) in [5.41, 5.74) is -0.0935. The highest BCUT2D eigenvalue weighted by Gasteiger charge is 2.11. The van der Waals surface area contributed by atoms with Crippen LogP contribution in [0.2, 0.25) is 0 Å². The lowest BCUT2D eigenvalue weighted by molar-refractivity contribution is 0.604. The van der Waals surface area contributed by atoms with E-state index in [-0.39, 0.29) is 11.3 Å². The summed E-state index contributed by atoms with van der Waals surface area (Å²) in [6, 6.07) is 4.25. The Hall–Kier alpha value is -2.04. The first-order valence-electron chi connectivity index (χ1n) is 4.59. The second kappa shape index (κ2) is 3.84. The van der Waals surface area contributed by atoms with E-state index >= 15 is 0 Å². The minimum atomic E-state index is -0.760. The molecule has 0 spiro atoms. The van der Waals surface area contributed by atoms with E-state index in [4.69, 9.17) is 0 Å². The van der Waals surface area contributed by atoms with Gasteiger partial charge < -0.3 is 4.98 Å². The molecule has 0 atom stereocenters. The van der Waals surface area contributed by atoms with Gasteiger partial charge in [-0.3, -0.25) is 0 Å². The van der Waals surface area contributed by atoms with Gasteiger partial charge >= 0.3 is 5.69 Å². The Morgan fingerprint density at radius 1 is 1.25 bits per heavy atom.